The van der Waals surface area contributed by atoms with Crippen LogP contribution >= 0.6 is 0 Å². The maximum Gasteiger partial charge on any atom is 0.305 e. The Bertz CT molecular complexity index is 1030. The summed E-state index contributed by atoms with van der Waals surface area (Å²) in [6.07, 6.45) is 67.8. The molecule has 2 unspecified atom stereocenters. The van der Waals surface area contributed by atoms with Crippen molar-refractivity contribution in [1.82, 2.24) is 5.32 Å². The number of nitrogens with one attached hydrogen (secondary N) is 1. The molecular weight excluding hydrogens is 815 g/mol. The summed E-state index contributed by atoms with van der Waals surface area (Å²) in [6.45, 7) is 4.90. The fourth-order valence-corrected chi connectivity index (χ4v) is 9.16. The second kappa shape index (κ2) is 55.9. The van der Waals surface area contributed by atoms with Gasteiger partial charge in [0.15, 0.2) is 0 Å². The second-order valence-electron chi connectivity index (χ2n) is 20.3. The number of aliphatic hydroxyl groups excluding tert-OH is 2. The van der Waals surface area contributed by atoms with E-state index in [0.29, 0.717) is 19.4 Å². The summed E-state index contributed by atoms with van der Waals surface area (Å²) in [5, 5.41) is 23.1. The second-order valence-corrected chi connectivity index (χ2v) is 20.3. The fourth-order valence-electron chi connectivity index (χ4n) is 9.16. The largest absolute Gasteiger partial charge is 0.466 e. The summed E-state index contributed by atoms with van der Waals surface area (Å²) in [6, 6.07) is -0.627. The van der Waals surface area contributed by atoms with Gasteiger partial charge in [-0.2, -0.15) is 0 Å². The number of hydrogen-bond acceptors (Lipinski definition) is 5. The van der Waals surface area contributed by atoms with Gasteiger partial charge in [0.1, 0.15) is 0 Å². The van der Waals surface area contributed by atoms with Crippen LogP contribution in [-0.2, 0) is 14.3 Å². The van der Waals surface area contributed by atoms with Crippen LogP contribution in [0.25, 0.3) is 0 Å². The minimum absolute atomic E-state index is 0.00421. The molecule has 6 nitrogen and oxygen atoms in total. The molecule has 3 N–H and O–H groups in total. The average Bonchev–Trinajstić information content (AvgIpc) is 3.32. The molecule has 0 spiro atoms. The van der Waals surface area contributed by atoms with Crippen LogP contribution < -0.4 is 5.32 Å². The lowest BCUT2D eigenvalue weighted by molar-refractivity contribution is -0.143. The molecule has 0 aliphatic rings. The number of unbranched alkanes of at least 4 members (excludes halogenated alkanes) is 42. The lowest BCUT2D eigenvalue weighted by atomic mass is 10.0. The Morgan fingerprint density at radius 2 is 0.712 bits per heavy atom. The van der Waals surface area contributed by atoms with Crippen molar-refractivity contribution < 1.29 is 24.5 Å². The van der Waals surface area contributed by atoms with Crippen molar-refractivity contribution in [2.75, 3.05) is 13.2 Å². The van der Waals surface area contributed by atoms with Gasteiger partial charge in [-0.05, 0) is 57.8 Å². The molecule has 0 aromatic rings. The quantitative estimate of drug-likeness (QED) is 0.0321. The number of allylic oxidation sites excluding steroid dienone is 3. The van der Waals surface area contributed by atoms with Crippen molar-refractivity contribution >= 4 is 11.9 Å². The van der Waals surface area contributed by atoms with E-state index in [1.807, 2.05) is 6.08 Å². The normalized spacial score (nSPS) is 12.7. The van der Waals surface area contributed by atoms with E-state index in [1.54, 1.807) is 6.08 Å². The van der Waals surface area contributed by atoms with Gasteiger partial charge in [-0.15, -0.1) is 0 Å². The van der Waals surface area contributed by atoms with E-state index in [-0.39, 0.29) is 18.5 Å². The van der Waals surface area contributed by atoms with E-state index in [2.05, 4.69) is 31.3 Å². The van der Waals surface area contributed by atoms with Gasteiger partial charge in [0.2, 0.25) is 5.91 Å². The van der Waals surface area contributed by atoms with Crippen LogP contribution in [0.2, 0.25) is 0 Å². The Balaban J connectivity index is 3.39. The molecule has 0 fully saturated rings. The Kier molecular flexibility index (Phi) is 54.5. The minimum Gasteiger partial charge on any atom is -0.466 e. The standard InChI is InChI=1S/C60H115NO5/c1-3-5-7-9-11-13-15-17-30-34-38-42-46-50-54-60(65)66-55-51-47-43-39-35-31-27-25-23-21-19-18-20-22-24-26-29-33-37-41-45-49-53-59(64)61-57(56-62)58(63)52-48-44-40-36-32-28-16-14-12-10-8-6-4-2/h15,17,48,52,57-58,62-63H,3-14,16,18-47,49-51,53-56H2,1-2H3,(H,61,64)/b17-15-,52-48+. The van der Waals surface area contributed by atoms with Crippen molar-refractivity contribution in [2.45, 2.75) is 334 Å². The predicted octanol–water partition coefficient (Wildman–Crippen LogP) is 18.2. The Morgan fingerprint density at radius 1 is 0.409 bits per heavy atom. The molecule has 0 rings (SSSR count). The van der Waals surface area contributed by atoms with Crippen LogP contribution in [0, 0.1) is 0 Å². The monoisotopic (exact) mass is 930 g/mol. The lowest BCUT2D eigenvalue weighted by Crippen LogP contribution is -2.45. The molecule has 2 atom stereocenters. The van der Waals surface area contributed by atoms with Gasteiger partial charge in [-0.1, -0.05) is 276 Å². The first kappa shape index (κ1) is 64.3. The summed E-state index contributed by atoms with van der Waals surface area (Å²) in [4.78, 5) is 24.5. The van der Waals surface area contributed by atoms with Gasteiger partial charge in [0, 0.05) is 12.8 Å². The topological polar surface area (TPSA) is 95.9 Å². The fraction of sp³-hybridized carbons (Fsp3) is 0.900. The average molecular weight is 931 g/mol. The van der Waals surface area contributed by atoms with Gasteiger partial charge in [0.25, 0.3) is 0 Å². The zero-order valence-electron chi connectivity index (χ0n) is 44.4. The third kappa shape index (κ3) is 51.7. The number of amides is 1. The lowest BCUT2D eigenvalue weighted by Gasteiger charge is -2.20. The van der Waals surface area contributed by atoms with E-state index in [4.69, 9.17) is 4.74 Å². The van der Waals surface area contributed by atoms with Crippen molar-refractivity contribution in [2.24, 2.45) is 0 Å². The van der Waals surface area contributed by atoms with Gasteiger partial charge in [-0.3, -0.25) is 9.59 Å². The summed E-state index contributed by atoms with van der Waals surface area (Å²) in [7, 11) is 0. The number of aliphatic hydroxyl groups is 2. The van der Waals surface area contributed by atoms with Crippen LogP contribution in [0.4, 0.5) is 0 Å². The smallest absolute Gasteiger partial charge is 0.305 e. The molecule has 1 amide bonds. The molecule has 0 radical (unpaired) electrons. The number of ether oxygens (including phenoxy) is 1. The highest BCUT2D eigenvalue weighted by Gasteiger charge is 2.18. The zero-order valence-corrected chi connectivity index (χ0v) is 44.4. The molecule has 0 saturated heterocycles. The van der Waals surface area contributed by atoms with Crippen LogP contribution in [0.1, 0.15) is 322 Å². The highest BCUT2D eigenvalue weighted by Crippen LogP contribution is 2.17. The van der Waals surface area contributed by atoms with Crippen molar-refractivity contribution in [3.8, 4) is 0 Å². The van der Waals surface area contributed by atoms with Gasteiger partial charge in [0.05, 0.1) is 25.4 Å². The predicted molar refractivity (Wildman–Crippen MR) is 287 cm³/mol. The van der Waals surface area contributed by atoms with Crippen LogP contribution in [-0.4, -0.2) is 47.4 Å². The molecule has 66 heavy (non-hydrogen) atoms. The minimum atomic E-state index is -0.843. The highest BCUT2D eigenvalue weighted by molar-refractivity contribution is 5.76. The Labute approximate surface area is 411 Å². The Morgan fingerprint density at radius 3 is 1.08 bits per heavy atom. The van der Waals surface area contributed by atoms with Gasteiger partial charge < -0.3 is 20.3 Å². The molecule has 0 bridgehead atoms. The third-order valence-electron chi connectivity index (χ3n) is 13.7. The molecule has 6 heteroatoms. The molecule has 0 aromatic carbocycles. The first-order valence-electron chi connectivity index (χ1n) is 29.6. The van der Waals surface area contributed by atoms with Crippen molar-refractivity contribution in [3.05, 3.63) is 24.3 Å². The summed E-state index contributed by atoms with van der Waals surface area (Å²) >= 11 is 0. The number of carbonyl (C=O) groups excluding carboxylic acids is 2. The van der Waals surface area contributed by atoms with E-state index in [1.165, 1.54) is 250 Å². The number of esters is 1. The molecule has 0 saturated carbocycles. The summed E-state index contributed by atoms with van der Waals surface area (Å²) in [5.41, 5.74) is 0. The molecule has 0 aromatic heterocycles. The van der Waals surface area contributed by atoms with Crippen LogP contribution in [0.3, 0.4) is 0 Å². The van der Waals surface area contributed by atoms with Crippen molar-refractivity contribution in [1.29, 1.82) is 0 Å². The first-order chi connectivity index (χ1) is 32.5. The summed E-state index contributed by atoms with van der Waals surface area (Å²) in [5.74, 6) is -0.0635. The van der Waals surface area contributed by atoms with E-state index >= 15 is 0 Å². The summed E-state index contributed by atoms with van der Waals surface area (Å²) < 4.78 is 5.47. The third-order valence-corrected chi connectivity index (χ3v) is 13.7. The molecule has 0 aliphatic carbocycles. The number of carbonyl (C=O) groups is 2. The Hall–Kier alpha value is -1.66. The SMILES string of the molecule is CCCCCCC/C=C\CCCCCCCC(=O)OCCCCCCCCCCCCCCCCCCCCCCCCC(=O)NC(CO)C(O)/C=C/CCCCCCCCCCCCC. The van der Waals surface area contributed by atoms with E-state index in [9.17, 15) is 19.8 Å². The molecular formula is C60H115NO5. The maximum absolute atomic E-state index is 12.4. The van der Waals surface area contributed by atoms with E-state index in [0.717, 1.165) is 44.9 Å². The van der Waals surface area contributed by atoms with E-state index < -0.39 is 12.1 Å². The zero-order chi connectivity index (χ0) is 47.9. The molecule has 0 heterocycles. The first-order valence-corrected chi connectivity index (χ1v) is 29.6. The maximum atomic E-state index is 12.4. The molecule has 0 aliphatic heterocycles. The van der Waals surface area contributed by atoms with Gasteiger partial charge in [-0.25, -0.2) is 0 Å². The van der Waals surface area contributed by atoms with Gasteiger partial charge >= 0.3 is 5.97 Å². The van der Waals surface area contributed by atoms with Crippen LogP contribution in [0.15, 0.2) is 24.3 Å². The number of rotatable bonds is 55. The van der Waals surface area contributed by atoms with Crippen molar-refractivity contribution in [3.63, 3.8) is 0 Å². The highest BCUT2D eigenvalue weighted by atomic mass is 16.5. The number of hydrogen-bond donors (Lipinski definition) is 3. The van der Waals surface area contributed by atoms with Crippen LogP contribution in [0.5, 0.6) is 0 Å². The molecule has 390 valence electrons.